The highest BCUT2D eigenvalue weighted by Crippen LogP contribution is 2.25. The molecule has 0 unspecified atom stereocenters. The van der Waals surface area contributed by atoms with Crippen molar-refractivity contribution in [1.82, 2.24) is 0 Å². The Morgan fingerprint density at radius 2 is 2.00 bits per heavy atom. The normalized spacial score (nSPS) is 43.9. The molecule has 1 rings (SSSR count). The van der Waals surface area contributed by atoms with Gasteiger partial charge in [-0.05, 0) is 6.92 Å². The lowest BCUT2D eigenvalue weighted by Gasteiger charge is -2.40. The molecule has 1 aliphatic heterocycles. The van der Waals surface area contributed by atoms with Crippen LogP contribution in [0.4, 0.5) is 0 Å². The SMILES string of the molecule is CCO[C@H]1[C@@H](O)[C@H](O)[C@@H](CO)O[C@@H]1S. The van der Waals surface area contributed by atoms with Crippen molar-refractivity contribution in [3.05, 3.63) is 0 Å². The summed E-state index contributed by atoms with van der Waals surface area (Å²) < 4.78 is 10.3. The fourth-order valence-electron chi connectivity index (χ4n) is 1.44. The van der Waals surface area contributed by atoms with Gasteiger partial charge in [-0.25, -0.2) is 0 Å². The van der Waals surface area contributed by atoms with Gasteiger partial charge in [0.1, 0.15) is 29.9 Å². The van der Waals surface area contributed by atoms with Crippen LogP contribution in [0.15, 0.2) is 0 Å². The summed E-state index contributed by atoms with van der Waals surface area (Å²) in [5, 5.41) is 28.0. The fourth-order valence-corrected chi connectivity index (χ4v) is 1.86. The van der Waals surface area contributed by atoms with E-state index in [4.69, 9.17) is 14.6 Å². The Kier molecular flexibility index (Phi) is 4.62. The monoisotopic (exact) mass is 224 g/mol. The van der Waals surface area contributed by atoms with E-state index in [-0.39, 0.29) is 6.61 Å². The molecule has 6 heteroatoms. The molecule has 1 saturated heterocycles. The number of aliphatic hydroxyl groups is 3. The third-order valence-corrected chi connectivity index (χ3v) is 2.62. The minimum Gasteiger partial charge on any atom is -0.394 e. The van der Waals surface area contributed by atoms with Crippen molar-refractivity contribution < 1.29 is 24.8 Å². The van der Waals surface area contributed by atoms with Crippen LogP contribution in [0.5, 0.6) is 0 Å². The molecule has 84 valence electrons. The number of ether oxygens (including phenoxy) is 2. The second-order valence-electron chi connectivity index (χ2n) is 3.15. The Labute approximate surface area is 88.1 Å². The van der Waals surface area contributed by atoms with Crippen LogP contribution in [0.25, 0.3) is 0 Å². The molecule has 0 spiro atoms. The first kappa shape index (κ1) is 12.2. The molecule has 1 heterocycles. The first-order valence-electron chi connectivity index (χ1n) is 4.54. The smallest absolute Gasteiger partial charge is 0.129 e. The highest BCUT2D eigenvalue weighted by Gasteiger charge is 2.43. The average molecular weight is 224 g/mol. The summed E-state index contributed by atoms with van der Waals surface area (Å²) in [6.07, 6.45) is -3.69. The maximum atomic E-state index is 9.63. The molecular formula is C8H16O5S. The van der Waals surface area contributed by atoms with Crippen LogP contribution in [0.1, 0.15) is 6.92 Å². The zero-order valence-electron chi connectivity index (χ0n) is 7.91. The van der Waals surface area contributed by atoms with E-state index in [9.17, 15) is 10.2 Å². The Morgan fingerprint density at radius 1 is 1.36 bits per heavy atom. The number of aliphatic hydroxyl groups excluding tert-OH is 3. The molecule has 0 aromatic heterocycles. The minimum atomic E-state index is -1.14. The van der Waals surface area contributed by atoms with Gasteiger partial charge in [-0.2, -0.15) is 0 Å². The van der Waals surface area contributed by atoms with Crippen molar-refractivity contribution >= 4 is 12.6 Å². The molecular weight excluding hydrogens is 208 g/mol. The fraction of sp³-hybridized carbons (Fsp3) is 1.00. The van der Waals surface area contributed by atoms with Crippen molar-refractivity contribution in [2.24, 2.45) is 0 Å². The number of rotatable bonds is 3. The van der Waals surface area contributed by atoms with Crippen LogP contribution >= 0.6 is 12.6 Å². The quantitative estimate of drug-likeness (QED) is 0.451. The van der Waals surface area contributed by atoms with Gasteiger partial charge < -0.3 is 24.8 Å². The maximum Gasteiger partial charge on any atom is 0.129 e. The molecule has 0 aromatic carbocycles. The Bertz CT molecular complexity index is 179. The van der Waals surface area contributed by atoms with Gasteiger partial charge in [0.2, 0.25) is 0 Å². The standard InChI is InChI=1S/C8H16O5S/c1-2-12-7-6(11)5(10)4(3-9)13-8(7)14/h4-11,14H,2-3H2,1H3/t4-,5-,6+,7+,8-/m1/s1. The van der Waals surface area contributed by atoms with Gasteiger partial charge in [0.05, 0.1) is 6.61 Å². The van der Waals surface area contributed by atoms with E-state index in [1.165, 1.54) is 0 Å². The van der Waals surface area contributed by atoms with Crippen molar-refractivity contribution in [1.29, 1.82) is 0 Å². The maximum absolute atomic E-state index is 9.63. The van der Waals surface area contributed by atoms with Gasteiger partial charge in [0.25, 0.3) is 0 Å². The zero-order chi connectivity index (χ0) is 10.7. The van der Waals surface area contributed by atoms with Crippen LogP contribution in [0.2, 0.25) is 0 Å². The lowest BCUT2D eigenvalue weighted by Crippen LogP contribution is -2.57. The largest absolute Gasteiger partial charge is 0.394 e. The summed E-state index contributed by atoms with van der Waals surface area (Å²) >= 11 is 4.07. The number of thiol groups is 1. The van der Waals surface area contributed by atoms with Gasteiger partial charge in [0, 0.05) is 6.61 Å². The van der Waals surface area contributed by atoms with E-state index in [1.54, 1.807) is 6.92 Å². The molecule has 0 bridgehead atoms. The molecule has 0 amide bonds. The Hall–Kier alpha value is 0.150. The third kappa shape index (κ3) is 2.39. The van der Waals surface area contributed by atoms with Gasteiger partial charge in [0.15, 0.2) is 0 Å². The van der Waals surface area contributed by atoms with E-state index in [1.807, 2.05) is 0 Å². The van der Waals surface area contributed by atoms with E-state index >= 15 is 0 Å². The predicted octanol–water partition coefficient (Wildman–Crippen LogP) is -1.24. The topological polar surface area (TPSA) is 79.2 Å². The molecule has 5 nitrogen and oxygen atoms in total. The van der Waals surface area contributed by atoms with Crippen LogP contribution in [-0.2, 0) is 9.47 Å². The Balaban J connectivity index is 2.63. The first-order chi connectivity index (χ1) is 6.61. The molecule has 0 radical (unpaired) electrons. The molecule has 1 fully saturated rings. The van der Waals surface area contributed by atoms with Crippen LogP contribution in [-0.4, -0.2) is 58.4 Å². The predicted molar refractivity (Wildman–Crippen MR) is 52.2 cm³/mol. The highest BCUT2D eigenvalue weighted by molar-refractivity contribution is 7.80. The van der Waals surface area contributed by atoms with Gasteiger partial charge in [-0.15, -0.1) is 12.6 Å². The van der Waals surface area contributed by atoms with E-state index in [0.717, 1.165) is 0 Å². The number of hydrogen-bond acceptors (Lipinski definition) is 6. The van der Waals surface area contributed by atoms with E-state index in [0.29, 0.717) is 6.61 Å². The van der Waals surface area contributed by atoms with Crippen LogP contribution < -0.4 is 0 Å². The molecule has 1 aliphatic rings. The summed E-state index contributed by atoms with van der Waals surface area (Å²) in [4.78, 5) is 0. The van der Waals surface area contributed by atoms with Crippen molar-refractivity contribution in [2.45, 2.75) is 36.8 Å². The second-order valence-corrected chi connectivity index (χ2v) is 3.66. The summed E-state index contributed by atoms with van der Waals surface area (Å²) in [5.41, 5.74) is -0.634. The summed E-state index contributed by atoms with van der Waals surface area (Å²) in [6.45, 7) is 1.82. The molecule has 3 N–H and O–H groups in total. The average Bonchev–Trinajstić information content (AvgIpc) is 2.18. The summed E-state index contributed by atoms with van der Waals surface area (Å²) in [5.74, 6) is 0. The van der Waals surface area contributed by atoms with E-state index < -0.39 is 29.9 Å². The lowest BCUT2D eigenvalue weighted by molar-refractivity contribution is -0.217. The van der Waals surface area contributed by atoms with Crippen LogP contribution in [0, 0.1) is 0 Å². The zero-order valence-corrected chi connectivity index (χ0v) is 8.80. The molecule has 5 atom stereocenters. The van der Waals surface area contributed by atoms with Crippen LogP contribution in [0.3, 0.4) is 0 Å². The molecule has 0 aromatic rings. The molecule has 0 aliphatic carbocycles. The second kappa shape index (κ2) is 5.29. The van der Waals surface area contributed by atoms with Gasteiger partial charge >= 0.3 is 0 Å². The van der Waals surface area contributed by atoms with Gasteiger partial charge in [-0.3, -0.25) is 0 Å². The minimum absolute atomic E-state index is 0.353. The summed E-state index contributed by atoms with van der Waals surface area (Å²) in [7, 11) is 0. The van der Waals surface area contributed by atoms with Gasteiger partial charge in [-0.1, -0.05) is 0 Å². The molecule has 14 heavy (non-hydrogen) atoms. The molecule has 0 saturated carbocycles. The van der Waals surface area contributed by atoms with E-state index in [2.05, 4.69) is 12.6 Å². The highest BCUT2D eigenvalue weighted by atomic mass is 32.1. The van der Waals surface area contributed by atoms with Crippen molar-refractivity contribution in [2.75, 3.05) is 13.2 Å². The first-order valence-corrected chi connectivity index (χ1v) is 5.05. The number of hydrogen-bond donors (Lipinski definition) is 4. The van der Waals surface area contributed by atoms with Crippen molar-refractivity contribution in [3.8, 4) is 0 Å². The Morgan fingerprint density at radius 3 is 2.50 bits per heavy atom. The van der Waals surface area contributed by atoms with Crippen molar-refractivity contribution in [3.63, 3.8) is 0 Å². The lowest BCUT2D eigenvalue weighted by atomic mass is 10.0. The summed E-state index contributed by atoms with van der Waals surface area (Å²) in [6, 6.07) is 0. The third-order valence-electron chi connectivity index (χ3n) is 2.20.